The third kappa shape index (κ3) is 6.71. The summed E-state index contributed by atoms with van der Waals surface area (Å²) in [5, 5.41) is 0.419. The van der Waals surface area contributed by atoms with Gasteiger partial charge in [0.25, 0.3) is 0 Å². The third-order valence-electron chi connectivity index (χ3n) is 3.40. The number of carbonyl (C=O) groups excluding carboxylic acids is 2. The molecule has 0 aliphatic carbocycles. The van der Waals surface area contributed by atoms with E-state index in [-0.39, 0.29) is 24.4 Å². The van der Waals surface area contributed by atoms with Crippen molar-refractivity contribution in [3.8, 4) is 5.75 Å². The summed E-state index contributed by atoms with van der Waals surface area (Å²) in [7, 11) is 0. The maximum Gasteiger partial charge on any atom is 0.164 e. The van der Waals surface area contributed by atoms with Crippen LogP contribution in [-0.2, 0) is 0 Å². The van der Waals surface area contributed by atoms with Gasteiger partial charge in [-0.05, 0) is 42.8 Å². The first kappa shape index (κ1) is 20.9. The fourth-order valence-electron chi connectivity index (χ4n) is 2.15. The van der Waals surface area contributed by atoms with Crippen LogP contribution in [0.4, 0.5) is 0 Å². The average Bonchev–Trinajstić information content (AvgIpc) is 2.66. The van der Waals surface area contributed by atoms with Crippen molar-refractivity contribution in [3.05, 3.63) is 64.7 Å². The first-order valence-electron chi connectivity index (χ1n) is 8.65. The predicted molar refractivity (Wildman–Crippen MR) is 103 cm³/mol. The lowest BCUT2D eigenvalue weighted by atomic mass is 10.0. The van der Waals surface area contributed by atoms with Gasteiger partial charge in [-0.1, -0.05) is 44.5 Å². The molecule has 0 spiro atoms. The summed E-state index contributed by atoms with van der Waals surface area (Å²) >= 11 is 5.99. The zero-order chi connectivity index (χ0) is 18.7. The maximum absolute atomic E-state index is 12.2. The van der Waals surface area contributed by atoms with Crippen LogP contribution in [0.25, 0.3) is 0 Å². The molecule has 0 amide bonds. The largest absolute Gasteiger partial charge is 0.494 e. The summed E-state index contributed by atoms with van der Waals surface area (Å²) < 4.78 is 5.48. The fourth-order valence-corrected chi connectivity index (χ4v) is 2.39. The number of hydrogen-bond acceptors (Lipinski definition) is 3. The van der Waals surface area contributed by atoms with E-state index in [1.54, 1.807) is 48.5 Å². The zero-order valence-corrected chi connectivity index (χ0v) is 15.8. The molecule has 2 aromatic rings. The molecule has 3 nitrogen and oxygen atoms in total. The Kier molecular flexibility index (Phi) is 9.56. The van der Waals surface area contributed by atoms with Gasteiger partial charge in [-0.2, -0.15) is 0 Å². The molecule has 0 saturated carbocycles. The number of hydrogen-bond donors (Lipinski definition) is 0. The Balaban J connectivity index is 0.00000151. The van der Waals surface area contributed by atoms with Crippen molar-refractivity contribution in [2.24, 2.45) is 0 Å². The Labute approximate surface area is 155 Å². The Morgan fingerprint density at radius 1 is 0.920 bits per heavy atom. The van der Waals surface area contributed by atoms with Crippen LogP contribution in [-0.4, -0.2) is 18.2 Å². The lowest BCUT2D eigenvalue weighted by Crippen LogP contribution is -2.06. The number of carbonyl (C=O) groups is 2. The van der Waals surface area contributed by atoms with E-state index in [1.807, 2.05) is 20.8 Å². The minimum atomic E-state index is -0.119. The second-order valence-corrected chi connectivity index (χ2v) is 5.61. The van der Waals surface area contributed by atoms with Crippen LogP contribution in [0, 0.1) is 0 Å². The average molecular weight is 361 g/mol. The number of rotatable bonds is 8. The van der Waals surface area contributed by atoms with E-state index >= 15 is 0 Å². The van der Waals surface area contributed by atoms with Gasteiger partial charge in [0.2, 0.25) is 0 Å². The van der Waals surface area contributed by atoms with E-state index in [1.165, 1.54) is 0 Å². The molecular weight excluding hydrogens is 336 g/mol. The van der Waals surface area contributed by atoms with Gasteiger partial charge in [0, 0.05) is 24.0 Å². The van der Waals surface area contributed by atoms with Gasteiger partial charge in [0.05, 0.1) is 11.6 Å². The Morgan fingerprint density at radius 3 is 2.12 bits per heavy atom. The van der Waals surface area contributed by atoms with Gasteiger partial charge < -0.3 is 4.74 Å². The molecule has 0 aliphatic heterocycles. The topological polar surface area (TPSA) is 43.4 Å². The van der Waals surface area contributed by atoms with Crippen LogP contribution in [0.5, 0.6) is 5.75 Å². The minimum absolute atomic E-state index is 0.0626. The molecule has 0 aromatic heterocycles. The molecule has 0 unspecified atom stereocenters. The van der Waals surface area contributed by atoms with Gasteiger partial charge in [0.15, 0.2) is 11.6 Å². The van der Waals surface area contributed by atoms with Crippen molar-refractivity contribution < 1.29 is 14.3 Å². The normalized spacial score (nSPS) is 9.76. The lowest BCUT2D eigenvalue weighted by Gasteiger charge is -2.06. The number of ketones is 2. The second-order valence-electron chi connectivity index (χ2n) is 5.20. The van der Waals surface area contributed by atoms with Crippen LogP contribution in [0.1, 0.15) is 60.7 Å². The fraction of sp³-hybridized carbons (Fsp3) is 0.333. The van der Waals surface area contributed by atoms with Gasteiger partial charge in [-0.15, -0.1) is 0 Å². The summed E-state index contributed by atoms with van der Waals surface area (Å²) in [6.07, 6.45) is 1.25. The molecule has 0 heterocycles. The highest BCUT2D eigenvalue weighted by Crippen LogP contribution is 2.19. The molecule has 0 radical (unpaired) electrons. The molecule has 25 heavy (non-hydrogen) atoms. The molecule has 4 heteroatoms. The SMILES string of the molecule is CC.CCCOc1ccc(C(=O)CCC(=O)c2ccccc2Cl)cc1. The number of benzene rings is 2. The third-order valence-corrected chi connectivity index (χ3v) is 3.73. The maximum atomic E-state index is 12.2. The molecular formula is C21H25ClO3. The van der Waals surface area contributed by atoms with Gasteiger partial charge in [0.1, 0.15) is 5.75 Å². The summed E-state index contributed by atoms with van der Waals surface area (Å²) in [5.41, 5.74) is 1.05. The molecule has 0 N–H and O–H groups in total. The number of halogens is 1. The summed E-state index contributed by atoms with van der Waals surface area (Å²) in [6, 6.07) is 13.9. The van der Waals surface area contributed by atoms with Crippen LogP contribution < -0.4 is 4.74 Å². The molecule has 0 atom stereocenters. The molecule has 0 saturated heterocycles. The highest BCUT2D eigenvalue weighted by Gasteiger charge is 2.13. The van der Waals surface area contributed by atoms with Crippen molar-refractivity contribution in [2.75, 3.05) is 6.61 Å². The Morgan fingerprint density at radius 2 is 1.52 bits per heavy atom. The molecule has 0 bridgehead atoms. The monoisotopic (exact) mass is 360 g/mol. The molecule has 2 aromatic carbocycles. The van der Waals surface area contributed by atoms with E-state index in [4.69, 9.17) is 16.3 Å². The van der Waals surface area contributed by atoms with Crippen LogP contribution in [0.15, 0.2) is 48.5 Å². The molecule has 134 valence electrons. The number of ether oxygens (including phenoxy) is 1. The van der Waals surface area contributed by atoms with Crippen molar-refractivity contribution in [1.29, 1.82) is 0 Å². The minimum Gasteiger partial charge on any atom is -0.494 e. The summed E-state index contributed by atoms with van der Waals surface area (Å²) in [6.45, 7) is 6.69. The van der Waals surface area contributed by atoms with E-state index in [9.17, 15) is 9.59 Å². The highest BCUT2D eigenvalue weighted by molar-refractivity contribution is 6.34. The zero-order valence-electron chi connectivity index (χ0n) is 15.0. The van der Waals surface area contributed by atoms with Crippen molar-refractivity contribution >= 4 is 23.2 Å². The predicted octanol–water partition coefficient (Wildman–Crippen LogP) is 6.00. The molecule has 0 fully saturated rings. The van der Waals surface area contributed by atoms with Crippen molar-refractivity contribution in [3.63, 3.8) is 0 Å². The van der Waals surface area contributed by atoms with Crippen LogP contribution in [0.2, 0.25) is 5.02 Å². The standard InChI is InChI=1S/C19H19ClO3.C2H6/c1-2-13-23-15-9-7-14(8-10-15)18(21)11-12-19(22)16-5-3-4-6-17(16)20;1-2/h3-10H,2,11-13H2,1H3;1-2H3. The summed E-state index contributed by atoms with van der Waals surface area (Å²) in [4.78, 5) is 24.3. The first-order valence-corrected chi connectivity index (χ1v) is 9.03. The Hall–Kier alpha value is -2.13. The van der Waals surface area contributed by atoms with E-state index in [0.717, 1.165) is 12.2 Å². The smallest absolute Gasteiger partial charge is 0.164 e. The van der Waals surface area contributed by atoms with E-state index in [0.29, 0.717) is 22.8 Å². The quantitative estimate of drug-likeness (QED) is 0.542. The second kappa shape index (κ2) is 11.4. The number of Topliss-reactive ketones (excluding diaryl/α,β-unsaturated/α-hetero) is 2. The molecule has 0 aliphatic rings. The van der Waals surface area contributed by atoms with Crippen molar-refractivity contribution in [2.45, 2.75) is 40.0 Å². The van der Waals surface area contributed by atoms with E-state index in [2.05, 4.69) is 0 Å². The van der Waals surface area contributed by atoms with E-state index < -0.39 is 0 Å². The summed E-state index contributed by atoms with van der Waals surface area (Å²) in [5.74, 6) is 0.565. The van der Waals surface area contributed by atoms with Gasteiger partial charge in [-0.3, -0.25) is 9.59 Å². The first-order chi connectivity index (χ1) is 12.1. The Bertz CT molecular complexity index is 678. The molecule has 2 rings (SSSR count). The highest BCUT2D eigenvalue weighted by atomic mass is 35.5. The lowest BCUT2D eigenvalue weighted by molar-refractivity contribution is 0.0917. The van der Waals surface area contributed by atoms with Crippen LogP contribution >= 0.6 is 11.6 Å². The van der Waals surface area contributed by atoms with Gasteiger partial charge in [-0.25, -0.2) is 0 Å². The van der Waals surface area contributed by atoms with Crippen molar-refractivity contribution in [1.82, 2.24) is 0 Å². The van der Waals surface area contributed by atoms with Crippen LogP contribution in [0.3, 0.4) is 0 Å². The van der Waals surface area contributed by atoms with Gasteiger partial charge >= 0.3 is 0 Å².